The smallest absolute Gasteiger partial charge is 0.263 e. The second kappa shape index (κ2) is 7.01. The number of carbonyl (C=O) groups is 2. The van der Waals surface area contributed by atoms with Crippen molar-refractivity contribution in [2.24, 2.45) is 0 Å². The summed E-state index contributed by atoms with van der Waals surface area (Å²) in [6.45, 7) is 4.95. The first-order valence-electron chi connectivity index (χ1n) is 10.9. The first-order chi connectivity index (χ1) is 14.6. The first-order valence-corrected chi connectivity index (χ1v) is 10.9. The number of nitrogens with one attached hydrogen (secondary N) is 1. The fraction of sp³-hybridized carbons (Fsp3) is 0.360. The van der Waals surface area contributed by atoms with Crippen molar-refractivity contribution in [1.82, 2.24) is 9.88 Å². The molecule has 3 aromatic rings. The minimum Gasteiger partial charge on any atom is -0.355 e. The lowest BCUT2D eigenvalue weighted by atomic mass is 9.80. The molecular weight excluding hydrogens is 374 g/mol. The molecule has 0 bridgehead atoms. The fourth-order valence-electron chi connectivity index (χ4n) is 5.37. The molecule has 5 rings (SSSR count). The zero-order valence-corrected chi connectivity index (χ0v) is 17.6. The van der Waals surface area contributed by atoms with E-state index < -0.39 is 5.54 Å². The molecule has 0 saturated heterocycles. The summed E-state index contributed by atoms with van der Waals surface area (Å²) in [4.78, 5) is 34.3. The molecule has 2 aromatic carbocycles. The third kappa shape index (κ3) is 2.41. The molecule has 2 aliphatic rings. The predicted molar refractivity (Wildman–Crippen MR) is 118 cm³/mol. The van der Waals surface area contributed by atoms with Gasteiger partial charge in [0.15, 0.2) is 5.54 Å². The van der Waals surface area contributed by atoms with Gasteiger partial charge < -0.3 is 14.8 Å². The third-order valence-corrected chi connectivity index (χ3v) is 6.67. The van der Waals surface area contributed by atoms with E-state index in [1.165, 1.54) is 0 Å². The molecular formula is C25H27N3O2. The van der Waals surface area contributed by atoms with Crippen molar-refractivity contribution < 1.29 is 9.59 Å². The summed E-state index contributed by atoms with van der Waals surface area (Å²) in [6.07, 6.45) is 3.87. The fourth-order valence-corrected chi connectivity index (χ4v) is 5.37. The highest BCUT2D eigenvalue weighted by Gasteiger charge is 2.60. The van der Waals surface area contributed by atoms with Crippen LogP contribution in [0, 0.1) is 0 Å². The van der Waals surface area contributed by atoms with E-state index in [1.807, 2.05) is 47.4 Å². The van der Waals surface area contributed by atoms with Gasteiger partial charge in [0, 0.05) is 36.5 Å². The summed E-state index contributed by atoms with van der Waals surface area (Å²) in [5.74, 6) is -0.0830. The van der Waals surface area contributed by atoms with Gasteiger partial charge in [0.1, 0.15) is 0 Å². The summed E-state index contributed by atoms with van der Waals surface area (Å²) < 4.78 is 0. The largest absolute Gasteiger partial charge is 0.355 e. The Balaban J connectivity index is 1.78. The van der Waals surface area contributed by atoms with Gasteiger partial charge in [0.2, 0.25) is 5.91 Å². The van der Waals surface area contributed by atoms with Crippen LogP contribution in [0.5, 0.6) is 0 Å². The highest BCUT2D eigenvalue weighted by Crippen LogP contribution is 2.52. The first kappa shape index (κ1) is 18.9. The minimum atomic E-state index is -1.11. The average Bonchev–Trinajstić information content (AvgIpc) is 3.25. The van der Waals surface area contributed by atoms with Crippen molar-refractivity contribution in [2.75, 3.05) is 18.0 Å². The van der Waals surface area contributed by atoms with E-state index in [9.17, 15) is 9.59 Å². The van der Waals surface area contributed by atoms with E-state index in [2.05, 4.69) is 18.0 Å². The number of anilines is 1. The summed E-state index contributed by atoms with van der Waals surface area (Å²) >= 11 is 0. The Hall–Kier alpha value is -3.08. The second-order valence-electron chi connectivity index (χ2n) is 8.34. The maximum atomic E-state index is 14.2. The van der Waals surface area contributed by atoms with Crippen LogP contribution in [-0.2, 0) is 21.5 Å². The zero-order chi connectivity index (χ0) is 20.9. The lowest BCUT2D eigenvalue weighted by Gasteiger charge is -2.43. The number of hydrogen-bond donors (Lipinski definition) is 1. The number of para-hydroxylation sites is 2. The van der Waals surface area contributed by atoms with Gasteiger partial charge in [0.05, 0.1) is 11.4 Å². The van der Waals surface area contributed by atoms with Crippen molar-refractivity contribution in [3.05, 3.63) is 65.4 Å². The summed E-state index contributed by atoms with van der Waals surface area (Å²) in [6, 6.07) is 16.2. The SMILES string of the molecule is CCCCCN1C(=O)[C@]2(c3ccccc31)c1[nH]c3ccccc3c1CCN2C(C)=O. The molecule has 5 nitrogen and oxygen atoms in total. The van der Waals surface area contributed by atoms with Gasteiger partial charge in [-0.05, 0) is 30.5 Å². The summed E-state index contributed by atoms with van der Waals surface area (Å²) in [5, 5.41) is 1.14. The number of aromatic nitrogens is 1. The van der Waals surface area contributed by atoms with Gasteiger partial charge in [-0.15, -0.1) is 0 Å². The number of carbonyl (C=O) groups excluding carboxylic acids is 2. The quantitative estimate of drug-likeness (QED) is 0.661. The standard InChI is InChI=1S/C25H27N3O2/c1-3-4-9-15-27-22-13-8-6-11-20(22)25(24(27)30)23-19(14-16-28(25)17(2)29)18-10-5-7-12-21(18)26-23/h5-8,10-13,26H,3-4,9,14-16H2,1-2H3/t25-/m0/s1. The monoisotopic (exact) mass is 401 g/mol. The van der Waals surface area contributed by atoms with Crippen molar-refractivity contribution in [1.29, 1.82) is 0 Å². The van der Waals surface area contributed by atoms with E-state index in [-0.39, 0.29) is 11.8 Å². The molecule has 0 radical (unpaired) electrons. The van der Waals surface area contributed by atoms with Gasteiger partial charge in [0.25, 0.3) is 5.91 Å². The number of fused-ring (bicyclic) bond motifs is 6. The molecule has 1 aromatic heterocycles. The van der Waals surface area contributed by atoms with Crippen LogP contribution in [0.15, 0.2) is 48.5 Å². The van der Waals surface area contributed by atoms with Gasteiger partial charge >= 0.3 is 0 Å². The van der Waals surface area contributed by atoms with Crippen molar-refractivity contribution in [3.8, 4) is 0 Å². The van der Waals surface area contributed by atoms with Crippen LogP contribution in [0.3, 0.4) is 0 Å². The van der Waals surface area contributed by atoms with Crippen LogP contribution >= 0.6 is 0 Å². The van der Waals surface area contributed by atoms with E-state index >= 15 is 0 Å². The topological polar surface area (TPSA) is 56.4 Å². The molecule has 1 N–H and O–H groups in total. The zero-order valence-electron chi connectivity index (χ0n) is 17.6. The van der Waals surface area contributed by atoms with Crippen LogP contribution in [0.2, 0.25) is 0 Å². The molecule has 1 atom stereocenters. The van der Waals surface area contributed by atoms with E-state index in [4.69, 9.17) is 0 Å². The molecule has 0 aliphatic carbocycles. The molecule has 1 spiro atoms. The van der Waals surface area contributed by atoms with Gasteiger partial charge in [-0.1, -0.05) is 56.2 Å². The van der Waals surface area contributed by atoms with Crippen LogP contribution in [0.25, 0.3) is 10.9 Å². The predicted octanol–water partition coefficient (Wildman–Crippen LogP) is 4.35. The summed E-state index contributed by atoms with van der Waals surface area (Å²) in [5.41, 5.74) is 3.76. The lowest BCUT2D eigenvalue weighted by molar-refractivity contribution is -0.143. The van der Waals surface area contributed by atoms with E-state index in [1.54, 1.807) is 11.8 Å². The van der Waals surface area contributed by atoms with E-state index in [0.29, 0.717) is 13.1 Å². The number of H-pyrrole nitrogens is 1. The molecule has 154 valence electrons. The number of nitrogens with zero attached hydrogens (tertiary/aromatic N) is 2. The molecule has 30 heavy (non-hydrogen) atoms. The maximum Gasteiger partial charge on any atom is 0.263 e. The molecule has 0 fully saturated rings. The number of rotatable bonds is 4. The molecule has 5 heteroatoms. The molecule has 0 unspecified atom stereocenters. The second-order valence-corrected chi connectivity index (χ2v) is 8.34. The Morgan fingerprint density at radius 1 is 1.10 bits per heavy atom. The number of benzene rings is 2. The van der Waals surface area contributed by atoms with Crippen LogP contribution < -0.4 is 4.90 Å². The van der Waals surface area contributed by atoms with Crippen molar-refractivity contribution in [3.63, 3.8) is 0 Å². The van der Waals surface area contributed by atoms with Crippen LogP contribution in [0.4, 0.5) is 5.69 Å². The van der Waals surface area contributed by atoms with E-state index in [0.717, 1.165) is 59.1 Å². The minimum absolute atomic E-state index is 0.0116. The Labute approximate surface area is 176 Å². The highest BCUT2D eigenvalue weighted by molar-refractivity contribution is 6.12. The van der Waals surface area contributed by atoms with Crippen LogP contribution in [0.1, 0.15) is 49.9 Å². The van der Waals surface area contributed by atoms with Gasteiger partial charge in [-0.25, -0.2) is 0 Å². The summed E-state index contributed by atoms with van der Waals surface area (Å²) in [7, 11) is 0. The van der Waals surface area contributed by atoms with Gasteiger partial charge in [-0.3, -0.25) is 9.59 Å². The molecule has 0 saturated carbocycles. The Morgan fingerprint density at radius 3 is 2.67 bits per heavy atom. The molecule has 2 amide bonds. The average molecular weight is 402 g/mol. The van der Waals surface area contributed by atoms with Crippen molar-refractivity contribution in [2.45, 2.75) is 45.1 Å². The number of unbranched alkanes of at least 4 members (excludes halogenated alkanes) is 2. The number of hydrogen-bond acceptors (Lipinski definition) is 2. The third-order valence-electron chi connectivity index (χ3n) is 6.67. The molecule has 2 aliphatic heterocycles. The van der Waals surface area contributed by atoms with Gasteiger partial charge in [-0.2, -0.15) is 0 Å². The molecule has 3 heterocycles. The highest BCUT2D eigenvalue weighted by atomic mass is 16.2. The number of amides is 2. The Kier molecular flexibility index (Phi) is 4.42. The Bertz CT molecular complexity index is 1150. The van der Waals surface area contributed by atoms with Crippen molar-refractivity contribution >= 4 is 28.4 Å². The van der Waals surface area contributed by atoms with Crippen LogP contribution in [-0.4, -0.2) is 34.8 Å². The number of aromatic amines is 1. The Morgan fingerprint density at radius 2 is 1.87 bits per heavy atom. The maximum absolute atomic E-state index is 14.2. The normalized spacial score (nSPS) is 20.1. The lowest BCUT2D eigenvalue weighted by Crippen LogP contribution is -2.58.